The topological polar surface area (TPSA) is 98.5 Å². The minimum absolute atomic E-state index is 0.000943. The average molecular weight is 340 g/mol. The molecule has 0 saturated carbocycles. The lowest BCUT2D eigenvalue weighted by molar-refractivity contribution is -0.122. The van der Waals surface area contributed by atoms with Crippen LogP contribution in [0.1, 0.15) is 31.4 Å². The molecule has 23 heavy (non-hydrogen) atoms. The third-order valence-corrected chi connectivity index (χ3v) is 5.25. The summed E-state index contributed by atoms with van der Waals surface area (Å²) in [6, 6.07) is 2.92. The molecule has 6 nitrogen and oxygen atoms in total. The number of rotatable bonds is 4. The van der Waals surface area contributed by atoms with E-state index in [-0.39, 0.29) is 28.7 Å². The van der Waals surface area contributed by atoms with Crippen molar-refractivity contribution in [2.45, 2.75) is 45.1 Å². The molecule has 1 amide bonds. The van der Waals surface area contributed by atoms with Gasteiger partial charge in [-0.05, 0) is 49.4 Å². The summed E-state index contributed by atoms with van der Waals surface area (Å²) >= 11 is 0. The number of aryl methyl sites for hydroxylation is 1. The van der Waals surface area contributed by atoms with Crippen LogP contribution < -0.4 is 10.5 Å². The number of sulfonamides is 1. The highest BCUT2D eigenvalue weighted by molar-refractivity contribution is 7.89. The molecule has 1 saturated heterocycles. The van der Waals surface area contributed by atoms with Crippen LogP contribution in [0.2, 0.25) is 0 Å². The summed E-state index contributed by atoms with van der Waals surface area (Å²) in [7, 11) is -3.82. The number of benzene rings is 1. The van der Waals surface area contributed by atoms with Crippen LogP contribution in [0.5, 0.6) is 0 Å². The van der Waals surface area contributed by atoms with Crippen LogP contribution in [0.4, 0.5) is 5.69 Å². The predicted molar refractivity (Wildman–Crippen MR) is 88.6 cm³/mol. The van der Waals surface area contributed by atoms with Crippen molar-refractivity contribution >= 4 is 21.6 Å². The molecule has 0 bridgehead atoms. The van der Waals surface area contributed by atoms with E-state index in [2.05, 4.69) is 5.32 Å². The summed E-state index contributed by atoms with van der Waals surface area (Å²) in [6.07, 6.45) is 0.555. The van der Waals surface area contributed by atoms with Crippen molar-refractivity contribution in [1.29, 1.82) is 0 Å². The van der Waals surface area contributed by atoms with Gasteiger partial charge >= 0.3 is 0 Å². The summed E-state index contributed by atoms with van der Waals surface area (Å²) in [6.45, 7) is 8.23. The molecule has 0 radical (unpaired) electrons. The molecule has 1 aliphatic rings. The number of nitrogens with one attached hydrogen (secondary N) is 1. The zero-order chi connectivity index (χ0) is 17.4. The Morgan fingerprint density at radius 2 is 2.00 bits per heavy atom. The Kier molecular flexibility index (Phi) is 5.13. The quantitative estimate of drug-likeness (QED) is 0.875. The molecule has 0 aliphatic carbocycles. The minimum Gasteiger partial charge on any atom is -0.377 e. The van der Waals surface area contributed by atoms with Crippen molar-refractivity contribution in [3.63, 3.8) is 0 Å². The Balaban J connectivity index is 2.29. The number of ether oxygens (including phenoxy) is 1. The van der Waals surface area contributed by atoms with E-state index in [0.29, 0.717) is 18.7 Å². The van der Waals surface area contributed by atoms with Crippen LogP contribution in [0.15, 0.2) is 17.0 Å². The van der Waals surface area contributed by atoms with Gasteiger partial charge in [0.15, 0.2) is 0 Å². The molecular formula is C16H24N2O4S. The van der Waals surface area contributed by atoms with Crippen LogP contribution in [0.3, 0.4) is 0 Å². The molecule has 0 aromatic heterocycles. The van der Waals surface area contributed by atoms with Gasteiger partial charge in [0.25, 0.3) is 0 Å². The maximum atomic E-state index is 12.6. The standard InChI is InChI=1S/C16H24N2O4S/c1-9(2)15-13(5-6-22-15)16(19)18-14-8-12(23(17,20)21)7-10(3)11(14)4/h7-9,13,15H,5-6H2,1-4H3,(H,18,19)(H2,17,20,21). The van der Waals surface area contributed by atoms with Crippen LogP contribution in [-0.2, 0) is 19.6 Å². The van der Waals surface area contributed by atoms with Crippen LogP contribution in [0, 0.1) is 25.7 Å². The van der Waals surface area contributed by atoms with Gasteiger partial charge < -0.3 is 10.1 Å². The van der Waals surface area contributed by atoms with Gasteiger partial charge in [-0.3, -0.25) is 4.79 Å². The Bertz CT molecular complexity index is 713. The number of amides is 1. The van der Waals surface area contributed by atoms with Gasteiger partial charge in [-0.2, -0.15) is 0 Å². The van der Waals surface area contributed by atoms with Gasteiger partial charge in [0.2, 0.25) is 15.9 Å². The van der Waals surface area contributed by atoms with E-state index in [9.17, 15) is 13.2 Å². The minimum atomic E-state index is -3.82. The highest BCUT2D eigenvalue weighted by atomic mass is 32.2. The van der Waals surface area contributed by atoms with Crippen molar-refractivity contribution in [2.24, 2.45) is 17.0 Å². The highest BCUT2D eigenvalue weighted by Gasteiger charge is 2.36. The Hall–Kier alpha value is -1.44. The van der Waals surface area contributed by atoms with E-state index in [0.717, 1.165) is 11.1 Å². The van der Waals surface area contributed by atoms with Crippen LogP contribution in [0.25, 0.3) is 0 Å². The van der Waals surface area contributed by atoms with Gasteiger partial charge in [-0.15, -0.1) is 0 Å². The van der Waals surface area contributed by atoms with Crippen molar-refractivity contribution in [1.82, 2.24) is 0 Å². The molecule has 128 valence electrons. The molecule has 2 atom stereocenters. The fourth-order valence-corrected chi connectivity index (χ4v) is 3.52. The molecule has 2 unspecified atom stereocenters. The predicted octanol–water partition coefficient (Wildman–Crippen LogP) is 1.95. The zero-order valence-corrected chi connectivity index (χ0v) is 14.7. The second kappa shape index (κ2) is 6.59. The molecule has 1 heterocycles. The number of hydrogen-bond donors (Lipinski definition) is 2. The highest BCUT2D eigenvalue weighted by Crippen LogP contribution is 2.29. The number of anilines is 1. The SMILES string of the molecule is Cc1cc(S(N)(=O)=O)cc(NC(=O)C2CCOC2C(C)C)c1C. The number of nitrogens with two attached hydrogens (primary N) is 1. The first kappa shape index (κ1) is 17.9. The number of primary sulfonamides is 1. The largest absolute Gasteiger partial charge is 0.377 e. The lowest BCUT2D eigenvalue weighted by atomic mass is 9.92. The van der Waals surface area contributed by atoms with Gasteiger partial charge in [-0.25, -0.2) is 13.6 Å². The summed E-state index contributed by atoms with van der Waals surface area (Å²) in [4.78, 5) is 12.6. The average Bonchev–Trinajstić information content (AvgIpc) is 2.92. The second-order valence-corrected chi connectivity index (χ2v) is 7.98. The summed E-state index contributed by atoms with van der Waals surface area (Å²) in [5.41, 5.74) is 2.06. The molecule has 1 aromatic rings. The fourth-order valence-electron chi connectivity index (χ4n) is 2.89. The Morgan fingerprint density at radius 3 is 2.57 bits per heavy atom. The monoisotopic (exact) mass is 340 g/mol. The van der Waals surface area contributed by atoms with Crippen LogP contribution >= 0.6 is 0 Å². The zero-order valence-electron chi connectivity index (χ0n) is 13.9. The van der Waals surface area contributed by atoms with E-state index in [1.54, 1.807) is 6.92 Å². The molecule has 1 fully saturated rings. The summed E-state index contributed by atoms with van der Waals surface area (Å²) in [5.74, 6) is -0.130. The molecule has 7 heteroatoms. The third kappa shape index (κ3) is 3.91. The second-order valence-electron chi connectivity index (χ2n) is 6.42. The summed E-state index contributed by atoms with van der Waals surface area (Å²) in [5, 5.41) is 8.05. The first-order chi connectivity index (χ1) is 10.6. The van der Waals surface area contributed by atoms with Crippen molar-refractivity contribution in [2.75, 3.05) is 11.9 Å². The number of carbonyl (C=O) groups is 1. The molecular weight excluding hydrogens is 316 g/mol. The van der Waals surface area contributed by atoms with E-state index in [4.69, 9.17) is 9.88 Å². The lowest BCUT2D eigenvalue weighted by Crippen LogP contribution is -2.33. The third-order valence-electron chi connectivity index (χ3n) is 4.36. The van der Waals surface area contributed by atoms with E-state index in [1.807, 2.05) is 20.8 Å². The lowest BCUT2D eigenvalue weighted by Gasteiger charge is -2.22. The van der Waals surface area contributed by atoms with Crippen LogP contribution in [-0.4, -0.2) is 27.0 Å². The molecule has 1 aromatic carbocycles. The van der Waals surface area contributed by atoms with Gasteiger partial charge in [0, 0.05) is 12.3 Å². The first-order valence-electron chi connectivity index (χ1n) is 7.67. The maximum Gasteiger partial charge on any atom is 0.238 e. The number of carbonyl (C=O) groups excluding carboxylic acids is 1. The van der Waals surface area contributed by atoms with Gasteiger partial charge in [-0.1, -0.05) is 13.8 Å². The smallest absolute Gasteiger partial charge is 0.238 e. The molecule has 0 spiro atoms. The van der Waals surface area contributed by atoms with Gasteiger partial charge in [0.05, 0.1) is 16.9 Å². The normalized spacial score (nSPS) is 21.7. The maximum absolute atomic E-state index is 12.6. The van der Waals surface area contributed by atoms with Crippen molar-refractivity contribution < 1.29 is 17.9 Å². The van der Waals surface area contributed by atoms with E-state index in [1.165, 1.54) is 12.1 Å². The van der Waals surface area contributed by atoms with E-state index < -0.39 is 10.0 Å². The molecule has 3 N–H and O–H groups in total. The summed E-state index contributed by atoms with van der Waals surface area (Å²) < 4.78 is 28.8. The Labute approximate surface area is 137 Å². The van der Waals surface area contributed by atoms with Crippen molar-refractivity contribution in [3.05, 3.63) is 23.3 Å². The molecule has 2 rings (SSSR count). The van der Waals surface area contributed by atoms with Crippen molar-refractivity contribution in [3.8, 4) is 0 Å². The Morgan fingerprint density at radius 1 is 1.35 bits per heavy atom. The fraction of sp³-hybridized carbons (Fsp3) is 0.562. The van der Waals surface area contributed by atoms with Gasteiger partial charge in [0.1, 0.15) is 0 Å². The van der Waals surface area contributed by atoms with E-state index >= 15 is 0 Å². The molecule has 1 aliphatic heterocycles. The first-order valence-corrected chi connectivity index (χ1v) is 9.22. The number of hydrogen-bond acceptors (Lipinski definition) is 4.